The molecule has 0 unspecified atom stereocenters. The van der Waals surface area contributed by atoms with Gasteiger partial charge in [-0.25, -0.2) is 0 Å². The zero-order chi connectivity index (χ0) is 17.1. The van der Waals surface area contributed by atoms with E-state index in [1.54, 1.807) is 24.3 Å². The molecule has 5 nitrogen and oxygen atoms in total. The Morgan fingerprint density at radius 3 is 2.79 bits per heavy atom. The number of hydrogen-bond donors (Lipinski definition) is 1. The van der Waals surface area contributed by atoms with Gasteiger partial charge < -0.3 is 4.42 Å². The molecular weight excluding hydrogens is 326 g/mol. The van der Waals surface area contributed by atoms with Gasteiger partial charge in [0.25, 0.3) is 0 Å². The molecule has 1 aromatic heterocycles. The first-order valence-electron chi connectivity index (χ1n) is 7.47. The molecule has 0 aliphatic rings. The summed E-state index contributed by atoms with van der Waals surface area (Å²) in [6.07, 6.45) is 0.252. The van der Waals surface area contributed by atoms with Crippen molar-refractivity contribution < 1.29 is 9.21 Å². The zero-order valence-electron chi connectivity index (χ0n) is 13.3. The third kappa shape index (κ3) is 3.81. The molecule has 1 amide bonds. The van der Waals surface area contributed by atoms with Crippen LogP contribution in [-0.2, 0) is 11.2 Å². The molecule has 24 heavy (non-hydrogen) atoms. The average Bonchev–Trinajstić information content (AvgIpc) is 2.99. The molecular formula is C18H16ClN3O2. The molecule has 0 radical (unpaired) electrons. The van der Waals surface area contributed by atoms with Gasteiger partial charge >= 0.3 is 6.01 Å². The van der Waals surface area contributed by atoms with Crippen LogP contribution in [0.4, 0.5) is 6.01 Å². The second-order valence-electron chi connectivity index (χ2n) is 5.58. The molecule has 0 atom stereocenters. The highest BCUT2D eigenvalue weighted by Crippen LogP contribution is 2.23. The van der Waals surface area contributed by atoms with Crippen LogP contribution in [0, 0.1) is 13.8 Å². The Balaban J connectivity index is 1.70. The molecule has 2 aromatic carbocycles. The second kappa shape index (κ2) is 6.84. The van der Waals surface area contributed by atoms with Crippen molar-refractivity contribution >= 4 is 23.5 Å². The highest BCUT2D eigenvalue weighted by molar-refractivity contribution is 6.30. The Hall–Kier alpha value is -2.66. The molecule has 1 N–H and O–H groups in total. The van der Waals surface area contributed by atoms with Gasteiger partial charge in [-0.2, -0.15) is 0 Å². The number of benzene rings is 2. The molecule has 3 rings (SSSR count). The Morgan fingerprint density at radius 1 is 1.17 bits per heavy atom. The SMILES string of the molecule is Cc1ccc(C)c(CC(=O)Nc2nnc(-c3cccc(Cl)c3)o2)c1. The van der Waals surface area contributed by atoms with Crippen molar-refractivity contribution in [3.63, 3.8) is 0 Å². The van der Waals surface area contributed by atoms with Crippen LogP contribution >= 0.6 is 11.6 Å². The summed E-state index contributed by atoms with van der Waals surface area (Å²) < 4.78 is 5.47. The standard InChI is InChI=1S/C18H16ClN3O2/c1-11-6-7-12(2)14(8-11)10-16(23)20-18-22-21-17(24-18)13-4-3-5-15(19)9-13/h3-9H,10H2,1-2H3,(H,20,22,23). The number of nitrogens with one attached hydrogen (secondary N) is 1. The number of nitrogens with zero attached hydrogens (tertiary/aromatic N) is 2. The fourth-order valence-corrected chi connectivity index (χ4v) is 2.53. The smallest absolute Gasteiger partial charge is 0.322 e. The van der Waals surface area contributed by atoms with E-state index in [9.17, 15) is 4.79 Å². The summed E-state index contributed by atoms with van der Waals surface area (Å²) in [5.41, 5.74) is 3.86. The van der Waals surface area contributed by atoms with E-state index in [1.807, 2.05) is 32.0 Å². The lowest BCUT2D eigenvalue weighted by molar-refractivity contribution is -0.115. The van der Waals surface area contributed by atoms with Crippen LogP contribution in [0.15, 0.2) is 46.9 Å². The van der Waals surface area contributed by atoms with E-state index < -0.39 is 0 Å². The van der Waals surface area contributed by atoms with Crippen LogP contribution in [0.1, 0.15) is 16.7 Å². The first kappa shape index (κ1) is 16.2. The van der Waals surface area contributed by atoms with E-state index in [0.29, 0.717) is 16.5 Å². The summed E-state index contributed by atoms with van der Waals surface area (Å²) in [4.78, 5) is 12.2. The van der Waals surface area contributed by atoms with Gasteiger partial charge in [-0.05, 0) is 43.2 Å². The van der Waals surface area contributed by atoms with Gasteiger partial charge in [-0.3, -0.25) is 10.1 Å². The number of rotatable bonds is 4. The highest BCUT2D eigenvalue weighted by atomic mass is 35.5. The Morgan fingerprint density at radius 2 is 2.00 bits per heavy atom. The number of aryl methyl sites for hydroxylation is 2. The average molecular weight is 342 g/mol. The van der Waals surface area contributed by atoms with E-state index in [0.717, 1.165) is 16.7 Å². The van der Waals surface area contributed by atoms with Crippen LogP contribution in [0.3, 0.4) is 0 Å². The lowest BCUT2D eigenvalue weighted by atomic mass is 10.0. The van der Waals surface area contributed by atoms with Gasteiger partial charge in [0.15, 0.2) is 0 Å². The first-order valence-corrected chi connectivity index (χ1v) is 7.84. The van der Waals surface area contributed by atoms with Crippen molar-refractivity contribution in [1.29, 1.82) is 0 Å². The molecule has 0 bridgehead atoms. The molecule has 0 saturated heterocycles. The third-order valence-corrected chi connectivity index (χ3v) is 3.83. The van der Waals surface area contributed by atoms with Gasteiger partial charge in [0, 0.05) is 10.6 Å². The Labute approximate surface area is 144 Å². The van der Waals surface area contributed by atoms with E-state index >= 15 is 0 Å². The topological polar surface area (TPSA) is 68.0 Å². The van der Waals surface area contributed by atoms with E-state index in [-0.39, 0.29) is 18.3 Å². The van der Waals surface area contributed by atoms with Crippen molar-refractivity contribution in [2.75, 3.05) is 5.32 Å². The van der Waals surface area contributed by atoms with Gasteiger partial charge in [0.1, 0.15) is 0 Å². The molecule has 0 saturated carbocycles. The molecule has 0 aliphatic heterocycles. The maximum atomic E-state index is 12.2. The van der Waals surface area contributed by atoms with Gasteiger partial charge in [-0.15, -0.1) is 5.10 Å². The molecule has 6 heteroatoms. The van der Waals surface area contributed by atoms with Crippen molar-refractivity contribution in [3.8, 4) is 11.5 Å². The molecule has 3 aromatic rings. The molecule has 122 valence electrons. The van der Waals surface area contributed by atoms with Crippen LogP contribution < -0.4 is 5.32 Å². The summed E-state index contributed by atoms with van der Waals surface area (Å²) >= 11 is 5.94. The van der Waals surface area contributed by atoms with E-state index in [2.05, 4.69) is 15.5 Å². The minimum Gasteiger partial charge on any atom is -0.403 e. The van der Waals surface area contributed by atoms with E-state index in [1.165, 1.54) is 0 Å². The quantitative estimate of drug-likeness (QED) is 0.772. The van der Waals surface area contributed by atoms with Crippen molar-refractivity contribution in [1.82, 2.24) is 10.2 Å². The van der Waals surface area contributed by atoms with Crippen LogP contribution in [0.2, 0.25) is 5.02 Å². The van der Waals surface area contributed by atoms with Gasteiger partial charge in [0.2, 0.25) is 11.8 Å². The summed E-state index contributed by atoms with van der Waals surface area (Å²) in [6.45, 7) is 3.97. The van der Waals surface area contributed by atoms with Crippen LogP contribution in [-0.4, -0.2) is 16.1 Å². The number of amides is 1. The lowest BCUT2D eigenvalue weighted by Gasteiger charge is -2.06. The maximum Gasteiger partial charge on any atom is 0.322 e. The number of carbonyl (C=O) groups is 1. The van der Waals surface area contributed by atoms with Crippen LogP contribution in [0.5, 0.6) is 0 Å². The lowest BCUT2D eigenvalue weighted by Crippen LogP contribution is -2.15. The summed E-state index contributed by atoms with van der Waals surface area (Å²) in [6, 6.07) is 13.2. The summed E-state index contributed by atoms with van der Waals surface area (Å²) in [5, 5.41) is 11.0. The molecule has 1 heterocycles. The van der Waals surface area contributed by atoms with Crippen molar-refractivity contribution in [2.24, 2.45) is 0 Å². The molecule has 0 fully saturated rings. The fraction of sp³-hybridized carbons (Fsp3) is 0.167. The fourth-order valence-electron chi connectivity index (χ4n) is 2.34. The predicted molar refractivity (Wildman–Crippen MR) is 93.0 cm³/mol. The first-order chi connectivity index (χ1) is 11.5. The normalized spacial score (nSPS) is 10.6. The monoisotopic (exact) mass is 341 g/mol. The second-order valence-corrected chi connectivity index (χ2v) is 6.01. The number of halogens is 1. The Bertz CT molecular complexity index is 889. The van der Waals surface area contributed by atoms with E-state index in [4.69, 9.17) is 16.0 Å². The number of anilines is 1. The minimum atomic E-state index is -0.204. The zero-order valence-corrected chi connectivity index (χ0v) is 14.1. The predicted octanol–water partition coefficient (Wildman–Crippen LogP) is 4.19. The van der Waals surface area contributed by atoms with Crippen LogP contribution in [0.25, 0.3) is 11.5 Å². The van der Waals surface area contributed by atoms with Gasteiger partial charge in [0.05, 0.1) is 6.42 Å². The number of hydrogen-bond acceptors (Lipinski definition) is 4. The minimum absolute atomic E-state index is 0.0697. The summed E-state index contributed by atoms with van der Waals surface area (Å²) in [5.74, 6) is 0.101. The Kier molecular flexibility index (Phi) is 4.62. The van der Waals surface area contributed by atoms with Crippen molar-refractivity contribution in [3.05, 3.63) is 64.2 Å². The largest absolute Gasteiger partial charge is 0.403 e. The maximum absolute atomic E-state index is 12.2. The summed E-state index contributed by atoms with van der Waals surface area (Å²) in [7, 11) is 0. The third-order valence-electron chi connectivity index (χ3n) is 3.60. The van der Waals surface area contributed by atoms with Crippen molar-refractivity contribution in [2.45, 2.75) is 20.3 Å². The van der Waals surface area contributed by atoms with Gasteiger partial charge in [-0.1, -0.05) is 46.5 Å². The highest BCUT2D eigenvalue weighted by Gasteiger charge is 2.13. The molecule has 0 aliphatic carbocycles. The molecule has 0 spiro atoms. The number of carbonyl (C=O) groups excluding carboxylic acids is 1. The number of aromatic nitrogens is 2.